The van der Waals surface area contributed by atoms with E-state index in [1.54, 1.807) is 18.4 Å². The summed E-state index contributed by atoms with van der Waals surface area (Å²) in [5, 5.41) is 12.7. The minimum absolute atomic E-state index is 0.0412. The van der Waals surface area contributed by atoms with Crippen molar-refractivity contribution in [2.75, 3.05) is 7.05 Å². The van der Waals surface area contributed by atoms with Gasteiger partial charge in [0.25, 0.3) is 0 Å². The first-order chi connectivity index (χ1) is 9.49. The molecule has 0 aliphatic heterocycles. The zero-order valence-corrected chi connectivity index (χ0v) is 12.1. The highest BCUT2D eigenvalue weighted by Crippen LogP contribution is 2.10. The van der Waals surface area contributed by atoms with Gasteiger partial charge in [-0.15, -0.1) is 11.3 Å². The number of thiophene rings is 1. The Morgan fingerprint density at radius 2 is 2.00 bits per heavy atom. The number of nitrogens with zero attached hydrogens (tertiary/aromatic N) is 1. The van der Waals surface area contributed by atoms with E-state index < -0.39 is 12.0 Å². The summed E-state index contributed by atoms with van der Waals surface area (Å²) in [5.41, 5.74) is 0. The van der Waals surface area contributed by atoms with Crippen molar-refractivity contribution in [2.24, 2.45) is 0 Å². The highest BCUT2D eigenvalue weighted by Gasteiger charge is 2.13. The lowest BCUT2D eigenvalue weighted by Gasteiger charge is -2.16. The van der Waals surface area contributed by atoms with Crippen molar-refractivity contribution < 1.29 is 19.5 Å². The van der Waals surface area contributed by atoms with E-state index in [1.165, 1.54) is 4.90 Å². The van der Waals surface area contributed by atoms with Gasteiger partial charge in [-0.25, -0.2) is 4.79 Å². The minimum Gasteiger partial charge on any atom is -0.481 e. The number of hydrogen-bond acceptors (Lipinski definition) is 4. The number of carboxylic acids is 1. The molecule has 0 spiro atoms. The summed E-state index contributed by atoms with van der Waals surface area (Å²) in [5.74, 6) is -1.25. The third kappa shape index (κ3) is 6.33. The number of carbonyl (C=O) groups is 3. The van der Waals surface area contributed by atoms with Crippen LogP contribution in [0.3, 0.4) is 0 Å². The quantitative estimate of drug-likeness (QED) is 0.754. The molecule has 7 heteroatoms. The first-order valence-electron chi connectivity index (χ1n) is 6.28. The van der Waals surface area contributed by atoms with Crippen LogP contribution in [0.4, 0.5) is 4.79 Å². The number of carboxylic acid groups (broad SMARTS) is 1. The molecule has 1 heterocycles. The van der Waals surface area contributed by atoms with Gasteiger partial charge in [0, 0.05) is 24.8 Å². The molecule has 20 heavy (non-hydrogen) atoms. The van der Waals surface area contributed by atoms with Crippen LogP contribution in [0.15, 0.2) is 17.5 Å². The summed E-state index contributed by atoms with van der Waals surface area (Å²) in [6.07, 6.45) is 1.09. The normalized spacial score (nSPS) is 10.1. The Morgan fingerprint density at radius 1 is 1.30 bits per heavy atom. The van der Waals surface area contributed by atoms with Crippen molar-refractivity contribution in [3.63, 3.8) is 0 Å². The highest BCUT2D eigenvalue weighted by atomic mass is 32.1. The Morgan fingerprint density at radius 3 is 2.60 bits per heavy atom. The fourth-order valence-electron chi connectivity index (χ4n) is 1.55. The monoisotopic (exact) mass is 298 g/mol. The molecule has 0 aliphatic carbocycles. The number of unbranched alkanes of at least 4 members (excludes halogenated alkanes) is 1. The van der Waals surface area contributed by atoms with Crippen LogP contribution in [-0.2, 0) is 16.1 Å². The van der Waals surface area contributed by atoms with E-state index in [0.717, 1.165) is 4.88 Å². The van der Waals surface area contributed by atoms with Crippen LogP contribution >= 0.6 is 11.3 Å². The maximum absolute atomic E-state index is 11.7. The van der Waals surface area contributed by atoms with Crippen molar-refractivity contribution in [3.8, 4) is 0 Å². The second kappa shape index (κ2) is 8.31. The third-order valence-corrected chi connectivity index (χ3v) is 3.47. The van der Waals surface area contributed by atoms with Gasteiger partial charge in [-0.1, -0.05) is 6.07 Å². The smallest absolute Gasteiger partial charge is 0.324 e. The number of urea groups is 1. The van der Waals surface area contributed by atoms with E-state index in [0.29, 0.717) is 19.4 Å². The Hall–Kier alpha value is -1.89. The Bertz CT molecular complexity index is 459. The van der Waals surface area contributed by atoms with Crippen molar-refractivity contribution in [1.82, 2.24) is 10.2 Å². The molecular weight excluding hydrogens is 280 g/mol. The van der Waals surface area contributed by atoms with Gasteiger partial charge in [-0.05, 0) is 24.3 Å². The molecule has 0 radical (unpaired) electrons. The predicted octanol–water partition coefficient (Wildman–Crippen LogP) is 2.06. The average molecular weight is 298 g/mol. The van der Waals surface area contributed by atoms with Crippen LogP contribution in [0.25, 0.3) is 0 Å². The molecule has 110 valence electrons. The van der Waals surface area contributed by atoms with Crippen LogP contribution in [0.1, 0.15) is 30.6 Å². The molecule has 1 rings (SSSR count). The van der Waals surface area contributed by atoms with E-state index in [9.17, 15) is 14.4 Å². The topological polar surface area (TPSA) is 86.7 Å². The molecule has 3 amide bonds. The number of hydrogen-bond donors (Lipinski definition) is 2. The highest BCUT2D eigenvalue weighted by molar-refractivity contribution is 7.09. The first-order valence-corrected chi connectivity index (χ1v) is 7.16. The molecule has 0 bridgehead atoms. The van der Waals surface area contributed by atoms with Crippen LogP contribution in [0.2, 0.25) is 0 Å². The molecule has 0 saturated heterocycles. The van der Waals surface area contributed by atoms with Crippen molar-refractivity contribution in [2.45, 2.75) is 32.2 Å². The minimum atomic E-state index is -0.878. The molecule has 0 aromatic carbocycles. The molecule has 0 saturated carbocycles. The fraction of sp³-hybridized carbons (Fsp3) is 0.462. The van der Waals surface area contributed by atoms with Gasteiger partial charge in [0.2, 0.25) is 5.91 Å². The summed E-state index contributed by atoms with van der Waals surface area (Å²) in [4.78, 5) is 36.0. The second-order valence-electron chi connectivity index (χ2n) is 4.39. The lowest BCUT2D eigenvalue weighted by molar-refractivity contribution is -0.137. The number of carbonyl (C=O) groups excluding carboxylic acids is 2. The molecule has 2 N–H and O–H groups in total. The van der Waals surface area contributed by atoms with E-state index in [1.807, 2.05) is 17.5 Å². The van der Waals surface area contributed by atoms with E-state index in [-0.39, 0.29) is 18.7 Å². The molecule has 6 nitrogen and oxygen atoms in total. The number of rotatable bonds is 7. The lowest BCUT2D eigenvalue weighted by atomic mass is 10.2. The molecule has 0 aliphatic rings. The molecule has 0 atom stereocenters. The number of imide groups is 1. The number of aliphatic carboxylic acids is 1. The van der Waals surface area contributed by atoms with Crippen LogP contribution in [0.5, 0.6) is 0 Å². The van der Waals surface area contributed by atoms with Crippen LogP contribution < -0.4 is 5.32 Å². The van der Waals surface area contributed by atoms with E-state index in [2.05, 4.69) is 5.32 Å². The second-order valence-corrected chi connectivity index (χ2v) is 5.42. The summed E-state index contributed by atoms with van der Waals surface area (Å²) in [6.45, 7) is 0.454. The zero-order valence-electron chi connectivity index (χ0n) is 11.3. The van der Waals surface area contributed by atoms with Crippen molar-refractivity contribution in [3.05, 3.63) is 22.4 Å². The van der Waals surface area contributed by atoms with Crippen LogP contribution in [-0.4, -0.2) is 35.0 Å². The van der Waals surface area contributed by atoms with Gasteiger partial charge in [-0.3, -0.25) is 14.9 Å². The maximum Gasteiger partial charge on any atom is 0.324 e. The van der Waals surface area contributed by atoms with Gasteiger partial charge in [-0.2, -0.15) is 0 Å². The van der Waals surface area contributed by atoms with E-state index >= 15 is 0 Å². The first kappa shape index (κ1) is 16.2. The standard InChI is InChI=1S/C13H18N2O4S/c1-15(9-10-5-4-8-20-10)13(19)14-11(16)6-2-3-7-12(17)18/h4-5,8H,2-3,6-7,9H2,1H3,(H,17,18)(H,14,16,19). The zero-order chi connectivity index (χ0) is 15.0. The van der Waals surface area contributed by atoms with Gasteiger partial charge < -0.3 is 10.0 Å². The largest absolute Gasteiger partial charge is 0.481 e. The summed E-state index contributed by atoms with van der Waals surface area (Å²) < 4.78 is 0. The summed E-state index contributed by atoms with van der Waals surface area (Å²) in [7, 11) is 1.62. The number of amides is 3. The predicted molar refractivity (Wildman–Crippen MR) is 75.4 cm³/mol. The molecule has 1 aromatic heterocycles. The number of nitrogens with one attached hydrogen (secondary N) is 1. The summed E-state index contributed by atoms with van der Waals surface area (Å²) in [6, 6.07) is 3.38. The molecule has 0 fully saturated rings. The average Bonchev–Trinajstić information content (AvgIpc) is 2.87. The molecule has 1 aromatic rings. The van der Waals surface area contributed by atoms with E-state index in [4.69, 9.17) is 5.11 Å². The third-order valence-electron chi connectivity index (χ3n) is 2.61. The van der Waals surface area contributed by atoms with Gasteiger partial charge in [0.1, 0.15) is 0 Å². The maximum atomic E-state index is 11.7. The van der Waals surface area contributed by atoms with Crippen molar-refractivity contribution in [1.29, 1.82) is 0 Å². The molecular formula is C13H18N2O4S. The Balaban J connectivity index is 2.23. The summed E-state index contributed by atoms with van der Waals surface area (Å²) >= 11 is 1.54. The Labute approximate surface area is 121 Å². The Kier molecular flexibility index (Phi) is 6.72. The van der Waals surface area contributed by atoms with Crippen molar-refractivity contribution >= 4 is 29.2 Å². The van der Waals surface area contributed by atoms with Gasteiger partial charge in [0.05, 0.1) is 6.54 Å². The lowest BCUT2D eigenvalue weighted by Crippen LogP contribution is -2.40. The molecule has 0 unspecified atom stereocenters. The SMILES string of the molecule is CN(Cc1cccs1)C(=O)NC(=O)CCCCC(=O)O. The van der Waals surface area contributed by atoms with Gasteiger partial charge >= 0.3 is 12.0 Å². The fourth-order valence-corrected chi connectivity index (χ4v) is 2.30. The van der Waals surface area contributed by atoms with Gasteiger partial charge in [0.15, 0.2) is 0 Å². The van der Waals surface area contributed by atoms with Crippen LogP contribution in [0, 0.1) is 0 Å².